The lowest BCUT2D eigenvalue weighted by Crippen LogP contribution is -2.38. The number of sulfonamides is 1. The predicted octanol–water partition coefficient (Wildman–Crippen LogP) is 3.03. The lowest BCUT2D eigenvalue weighted by Gasteiger charge is -2.30. The second kappa shape index (κ2) is 7.81. The summed E-state index contributed by atoms with van der Waals surface area (Å²) < 4.78 is 38.7. The summed E-state index contributed by atoms with van der Waals surface area (Å²) in [7, 11) is -2.03. The Kier molecular flexibility index (Phi) is 5.23. The molecule has 7 nitrogen and oxygen atoms in total. The van der Waals surface area contributed by atoms with Crippen molar-refractivity contribution in [3.05, 3.63) is 48.5 Å². The van der Waals surface area contributed by atoms with Crippen LogP contribution in [-0.2, 0) is 10.0 Å². The lowest BCUT2D eigenvalue weighted by molar-refractivity contribution is 0.387. The van der Waals surface area contributed by atoms with Gasteiger partial charge in [-0.15, -0.1) is 0 Å². The zero-order chi connectivity index (χ0) is 19.6. The van der Waals surface area contributed by atoms with E-state index in [1.807, 2.05) is 24.3 Å². The number of rotatable bonds is 6. The Morgan fingerprint density at radius 1 is 1.18 bits per heavy atom. The van der Waals surface area contributed by atoms with E-state index >= 15 is 0 Å². The van der Waals surface area contributed by atoms with Crippen molar-refractivity contribution in [2.24, 2.45) is 5.92 Å². The van der Waals surface area contributed by atoms with Crippen LogP contribution in [0.2, 0.25) is 0 Å². The maximum atomic E-state index is 12.5. The number of methoxy groups -OCH3 is 1. The summed E-state index contributed by atoms with van der Waals surface area (Å²) in [5, 5.41) is 0. The van der Waals surface area contributed by atoms with Crippen LogP contribution in [0.1, 0.15) is 12.8 Å². The fourth-order valence-corrected chi connectivity index (χ4v) is 4.55. The SMILES string of the molecule is COc1cccc(S(=O)(=O)NCC2CCN(c3nc4ccccc4o3)CC2)c1. The lowest BCUT2D eigenvalue weighted by atomic mass is 9.97. The van der Waals surface area contributed by atoms with Crippen LogP contribution in [0.4, 0.5) is 6.01 Å². The van der Waals surface area contributed by atoms with Crippen LogP contribution in [0.25, 0.3) is 11.1 Å². The quantitative estimate of drug-likeness (QED) is 0.683. The number of aromatic nitrogens is 1. The summed E-state index contributed by atoms with van der Waals surface area (Å²) in [6, 6.07) is 14.8. The fourth-order valence-electron chi connectivity index (χ4n) is 3.40. The summed E-state index contributed by atoms with van der Waals surface area (Å²) in [4.78, 5) is 6.87. The largest absolute Gasteiger partial charge is 0.497 e. The van der Waals surface area contributed by atoms with Gasteiger partial charge in [-0.3, -0.25) is 0 Å². The van der Waals surface area contributed by atoms with Gasteiger partial charge in [0, 0.05) is 25.7 Å². The number of fused-ring (bicyclic) bond motifs is 1. The Balaban J connectivity index is 1.34. The van der Waals surface area contributed by atoms with E-state index in [-0.39, 0.29) is 10.8 Å². The third kappa shape index (κ3) is 3.98. The minimum Gasteiger partial charge on any atom is -0.497 e. The molecule has 8 heteroatoms. The van der Waals surface area contributed by atoms with Gasteiger partial charge in [0.1, 0.15) is 11.3 Å². The molecule has 1 saturated heterocycles. The third-order valence-electron chi connectivity index (χ3n) is 5.08. The van der Waals surface area contributed by atoms with E-state index in [1.54, 1.807) is 18.2 Å². The smallest absolute Gasteiger partial charge is 0.298 e. The van der Waals surface area contributed by atoms with Crippen LogP contribution < -0.4 is 14.4 Å². The van der Waals surface area contributed by atoms with E-state index < -0.39 is 10.0 Å². The second-order valence-corrected chi connectivity index (χ2v) is 8.69. The van der Waals surface area contributed by atoms with Crippen LogP contribution in [-0.4, -0.2) is 40.1 Å². The summed E-state index contributed by atoms with van der Waals surface area (Å²) in [5.41, 5.74) is 1.64. The number of piperidine rings is 1. The highest BCUT2D eigenvalue weighted by molar-refractivity contribution is 7.89. The van der Waals surface area contributed by atoms with Crippen LogP contribution >= 0.6 is 0 Å². The van der Waals surface area contributed by atoms with Gasteiger partial charge >= 0.3 is 0 Å². The van der Waals surface area contributed by atoms with Gasteiger partial charge in [-0.2, -0.15) is 4.98 Å². The van der Waals surface area contributed by atoms with E-state index in [4.69, 9.17) is 9.15 Å². The molecule has 0 amide bonds. The van der Waals surface area contributed by atoms with Crippen molar-refractivity contribution in [1.82, 2.24) is 9.71 Å². The van der Waals surface area contributed by atoms with Gasteiger partial charge in [0.15, 0.2) is 5.58 Å². The van der Waals surface area contributed by atoms with Crippen molar-refractivity contribution in [2.45, 2.75) is 17.7 Å². The van der Waals surface area contributed by atoms with Crippen molar-refractivity contribution in [3.63, 3.8) is 0 Å². The van der Waals surface area contributed by atoms with Crippen molar-refractivity contribution in [2.75, 3.05) is 31.6 Å². The number of ether oxygens (including phenoxy) is 1. The first kappa shape index (κ1) is 18.8. The molecule has 1 aliphatic heterocycles. The monoisotopic (exact) mass is 401 g/mol. The number of nitrogens with one attached hydrogen (secondary N) is 1. The summed E-state index contributed by atoms with van der Waals surface area (Å²) >= 11 is 0. The molecule has 3 aromatic rings. The van der Waals surface area contributed by atoms with Gasteiger partial charge in [0.05, 0.1) is 12.0 Å². The second-order valence-electron chi connectivity index (χ2n) is 6.93. The van der Waals surface area contributed by atoms with Gasteiger partial charge in [-0.1, -0.05) is 18.2 Å². The summed E-state index contributed by atoms with van der Waals surface area (Å²) in [6.45, 7) is 2.00. The summed E-state index contributed by atoms with van der Waals surface area (Å²) in [5.74, 6) is 0.801. The maximum Gasteiger partial charge on any atom is 0.298 e. The number of oxazole rings is 1. The molecule has 0 spiro atoms. The molecule has 1 N–H and O–H groups in total. The molecule has 2 heterocycles. The number of hydrogen-bond acceptors (Lipinski definition) is 6. The molecule has 0 radical (unpaired) electrons. The van der Waals surface area contributed by atoms with Crippen molar-refractivity contribution < 1.29 is 17.6 Å². The Morgan fingerprint density at radius 3 is 2.71 bits per heavy atom. The van der Waals surface area contributed by atoms with Gasteiger partial charge < -0.3 is 14.1 Å². The molecule has 0 atom stereocenters. The standard InChI is InChI=1S/C20H23N3O4S/c1-26-16-5-4-6-17(13-16)28(24,25)21-14-15-9-11-23(12-10-15)20-22-18-7-2-3-8-19(18)27-20/h2-8,13,15,21H,9-12,14H2,1H3. The normalized spacial score (nSPS) is 15.8. The van der Waals surface area contributed by atoms with Crippen LogP contribution in [0.3, 0.4) is 0 Å². The zero-order valence-corrected chi connectivity index (χ0v) is 16.5. The minimum absolute atomic E-state index is 0.218. The maximum absolute atomic E-state index is 12.5. The van der Waals surface area contributed by atoms with Gasteiger partial charge in [0.25, 0.3) is 6.01 Å². The Bertz CT molecular complexity index is 1020. The van der Waals surface area contributed by atoms with Crippen molar-refractivity contribution in [1.29, 1.82) is 0 Å². The molecule has 148 valence electrons. The molecule has 1 aromatic heterocycles. The van der Waals surface area contributed by atoms with E-state index in [0.29, 0.717) is 18.3 Å². The molecule has 0 saturated carbocycles. The number of benzene rings is 2. The van der Waals surface area contributed by atoms with E-state index in [9.17, 15) is 8.42 Å². The molecule has 0 aliphatic carbocycles. The molecular formula is C20H23N3O4S. The number of nitrogens with zero attached hydrogens (tertiary/aromatic N) is 2. The molecule has 0 unspecified atom stereocenters. The first-order chi connectivity index (χ1) is 13.5. The fraction of sp³-hybridized carbons (Fsp3) is 0.350. The number of para-hydroxylation sites is 2. The molecule has 2 aromatic carbocycles. The average molecular weight is 401 g/mol. The predicted molar refractivity (Wildman–Crippen MR) is 107 cm³/mol. The Hall–Kier alpha value is -2.58. The molecule has 4 rings (SSSR count). The topological polar surface area (TPSA) is 84.7 Å². The number of anilines is 1. The Morgan fingerprint density at radius 2 is 1.96 bits per heavy atom. The van der Waals surface area contributed by atoms with Crippen molar-refractivity contribution >= 4 is 27.1 Å². The van der Waals surface area contributed by atoms with E-state index in [0.717, 1.165) is 37.0 Å². The molecular weight excluding hydrogens is 378 g/mol. The molecule has 28 heavy (non-hydrogen) atoms. The average Bonchev–Trinajstić information content (AvgIpc) is 3.17. The highest BCUT2D eigenvalue weighted by Gasteiger charge is 2.24. The van der Waals surface area contributed by atoms with Crippen molar-refractivity contribution in [3.8, 4) is 5.75 Å². The van der Waals surface area contributed by atoms with Gasteiger partial charge in [0.2, 0.25) is 10.0 Å². The number of hydrogen-bond donors (Lipinski definition) is 1. The van der Waals surface area contributed by atoms with Gasteiger partial charge in [-0.05, 0) is 43.0 Å². The van der Waals surface area contributed by atoms with Gasteiger partial charge in [-0.25, -0.2) is 13.1 Å². The zero-order valence-electron chi connectivity index (χ0n) is 15.7. The summed E-state index contributed by atoms with van der Waals surface area (Å²) in [6.07, 6.45) is 1.75. The van der Waals surface area contributed by atoms with Crippen LogP contribution in [0.5, 0.6) is 5.75 Å². The van der Waals surface area contributed by atoms with E-state index in [2.05, 4.69) is 14.6 Å². The Labute approximate surface area is 164 Å². The van der Waals surface area contributed by atoms with Crippen LogP contribution in [0, 0.1) is 5.92 Å². The van der Waals surface area contributed by atoms with E-state index in [1.165, 1.54) is 13.2 Å². The minimum atomic E-state index is -3.55. The highest BCUT2D eigenvalue weighted by atomic mass is 32.2. The van der Waals surface area contributed by atoms with Crippen LogP contribution in [0.15, 0.2) is 57.8 Å². The molecule has 0 bridgehead atoms. The first-order valence-electron chi connectivity index (χ1n) is 9.29. The molecule has 1 aliphatic rings. The third-order valence-corrected chi connectivity index (χ3v) is 6.50. The molecule has 1 fully saturated rings. The highest BCUT2D eigenvalue weighted by Crippen LogP contribution is 2.26. The first-order valence-corrected chi connectivity index (χ1v) is 10.8.